The predicted octanol–water partition coefficient (Wildman–Crippen LogP) is 4.23. The lowest BCUT2D eigenvalue weighted by Gasteiger charge is -2.40. The monoisotopic (exact) mass is 404 g/mol. The van der Waals surface area contributed by atoms with Crippen LogP contribution in [0.15, 0.2) is 51.7 Å². The second kappa shape index (κ2) is 7.89. The van der Waals surface area contributed by atoms with Crippen molar-refractivity contribution < 1.29 is 9.15 Å². The number of benzene rings is 2. The maximum atomic E-state index is 12.3. The van der Waals surface area contributed by atoms with Crippen molar-refractivity contribution in [1.29, 1.82) is 0 Å². The van der Waals surface area contributed by atoms with Crippen LogP contribution in [0, 0.1) is 13.8 Å². The van der Waals surface area contributed by atoms with Crippen LogP contribution in [-0.2, 0) is 13.1 Å². The van der Waals surface area contributed by atoms with E-state index in [0.29, 0.717) is 23.9 Å². The standard InChI is InChI=1S/C25H28N2O3/c1-17-18(2)25(28)30-24-21(17)8-9-23-22(24)15-27(16-29-23)20-10-12-26(13-11-20)14-19-6-4-3-5-7-19/h3-9,20H,10-16H2,1-2H3. The predicted molar refractivity (Wildman–Crippen MR) is 118 cm³/mol. The summed E-state index contributed by atoms with van der Waals surface area (Å²) in [6.45, 7) is 8.37. The van der Waals surface area contributed by atoms with Crippen molar-refractivity contribution in [2.45, 2.75) is 45.8 Å². The zero-order valence-corrected chi connectivity index (χ0v) is 17.7. The molecule has 0 spiro atoms. The average Bonchev–Trinajstić information content (AvgIpc) is 2.78. The molecule has 0 unspecified atom stereocenters. The summed E-state index contributed by atoms with van der Waals surface area (Å²) in [5.41, 5.74) is 4.49. The van der Waals surface area contributed by atoms with Gasteiger partial charge in [0.2, 0.25) is 0 Å². The Kier molecular flexibility index (Phi) is 5.09. The highest BCUT2D eigenvalue weighted by molar-refractivity contribution is 5.85. The van der Waals surface area contributed by atoms with Crippen LogP contribution >= 0.6 is 0 Å². The summed E-state index contributed by atoms with van der Waals surface area (Å²) in [4.78, 5) is 17.2. The number of likely N-dealkylation sites (tertiary alicyclic amines) is 1. The first-order chi connectivity index (χ1) is 14.6. The third-order valence-electron chi connectivity index (χ3n) is 6.75. The first kappa shape index (κ1) is 19.3. The van der Waals surface area contributed by atoms with Crippen molar-refractivity contribution in [3.63, 3.8) is 0 Å². The molecule has 0 bridgehead atoms. The Hall–Kier alpha value is -2.63. The van der Waals surface area contributed by atoms with Gasteiger partial charge in [0.1, 0.15) is 18.1 Å². The lowest BCUT2D eigenvalue weighted by atomic mass is 9.99. The largest absolute Gasteiger partial charge is 0.478 e. The molecule has 0 aliphatic carbocycles. The van der Waals surface area contributed by atoms with Crippen LogP contribution < -0.4 is 10.4 Å². The Morgan fingerprint density at radius 1 is 1.00 bits per heavy atom. The van der Waals surface area contributed by atoms with E-state index in [1.54, 1.807) is 0 Å². The molecule has 0 N–H and O–H groups in total. The third-order valence-corrected chi connectivity index (χ3v) is 6.75. The summed E-state index contributed by atoms with van der Waals surface area (Å²) in [5.74, 6) is 0.840. The van der Waals surface area contributed by atoms with Crippen LogP contribution in [0.25, 0.3) is 11.0 Å². The van der Waals surface area contributed by atoms with Crippen LogP contribution in [0.5, 0.6) is 5.75 Å². The fourth-order valence-corrected chi connectivity index (χ4v) is 4.75. The summed E-state index contributed by atoms with van der Waals surface area (Å²) >= 11 is 0. The minimum absolute atomic E-state index is 0.250. The smallest absolute Gasteiger partial charge is 0.339 e. The number of nitrogens with zero attached hydrogens (tertiary/aromatic N) is 2. The fourth-order valence-electron chi connectivity index (χ4n) is 4.75. The van der Waals surface area contributed by atoms with E-state index in [0.717, 1.165) is 61.3 Å². The summed E-state index contributed by atoms with van der Waals surface area (Å²) in [6, 6.07) is 15.2. The SMILES string of the molecule is Cc1c(C)c2ccc3c(c2oc1=O)CN(C1CCN(Cc2ccccc2)CC1)CO3. The zero-order chi connectivity index (χ0) is 20.7. The maximum Gasteiger partial charge on any atom is 0.339 e. The number of piperidine rings is 1. The highest BCUT2D eigenvalue weighted by Gasteiger charge is 2.30. The van der Waals surface area contributed by atoms with Crippen molar-refractivity contribution in [3.05, 3.63) is 75.1 Å². The van der Waals surface area contributed by atoms with Crippen molar-refractivity contribution in [2.75, 3.05) is 19.8 Å². The molecule has 1 aromatic heterocycles. The molecule has 5 heteroatoms. The van der Waals surface area contributed by atoms with E-state index in [1.807, 2.05) is 26.0 Å². The van der Waals surface area contributed by atoms with Gasteiger partial charge in [0, 0.05) is 30.1 Å². The first-order valence-electron chi connectivity index (χ1n) is 10.8. The molecule has 0 atom stereocenters. The molecule has 1 saturated heterocycles. The lowest BCUT2D eigenvalue weighted by Crippen LogP contribution is -2.47. The molecule has 0 saturated carbocycles. The van der Waals surface area contributed by atoms with Crippen LogP contribution in [0.4, 0.5) is 0 Å². The summed E-state index contributed by atoms with van der Waals surface area (Å²) in [7, 11) is 0. The van der Waals surface area contributed by atoms with Gasteiger partial charge in [-0.25, -0.2) is 4.79 Å². The van der Waals surface area contributed by atoms with Gasteiger partial charge in [0.15, 0.2) is 0 Å². The molecule has 156 valence electrons. The van der Waals surface area contributed by atoms with Crippen LogP contribution in [0.1, 0.15) is 35.1 Å². The second-order valence-electron chi connectivity index (χ2n) is 8.57. The Labute approximate surface area is 176 Å². The van der Waals surface area contributed by atoms with Crippen molar-refractivity contribution >= 4 is 11.0 Å². The second-order valence-corrected chi connectivity index (χ2v) is 8.57. The van der Waals surface area contributed by atoms with E-state index in [4.69, 9.17) is 9.15 Å². The molecular weight excluding hydrogens is 376 g/mol. The Balaban J connectivity index is 1.32. The number of hydrogen-bond donors (Lipinski definition) is 0. The van der Waals surface area contributed by atoms with Gasteiger partial charge >= 0.3 is 5.63 Å². The minimum atomic E-state index is -0.250. The topological polar surface area (TPSA) is 45.9 Å². The van der Waals surface area contributed by atoms with Gasteiger partial charge in [0.05, 0.1) is 5.56 Å². The molecule has 2 aliphatic rings. The summed E-state index contributed by atoms with van der Waals surface area (Å²) in [6.07, 6.45) is 2.25. The van der Waals surface area contributed by atoms with Gasteiger partial charge in [-0.1, -0.05) is 30.3 Å². The zero-order valence-electron chi connectivity index (χ0n) is 17.7. The maximum absolute atomic E-state index is 12.3. The Bertz CT molecular complexity index is 1110. The Morgan fingerprint density at radius 3 is 2.53 bits per heavy atom. The number of ether oxygens (including phenoxy) is 1. The van der Waals surface area contributed by atoms with Gasteiger partial charge in [-0.2, -0.15) is 0 Å². The van der Waals surface area contributed by atoms with Crippen molar-refractivity contribution in [2.24, 2.45) is 0 Å². The third kappa shape index (κ3) is 3.53. The summed E-state index contributed by atoms with van der Waals surface area (Å²) < 4.78 is 11.8. The number of hydrogen-bond acceptors (Lipinski definition) is 5. The normalized spacial score (nSPS) is 18.3. The minimum Gasteiger partial charge on any atom is -0.478 e. The average molecular weight is 405 g/mol. The molecular formula is C25H28N2O3. The molecule has 2 aromatic carbocycles. The molecule has 1 fully saturated rings. The Morgan fingerprint density at radius 2 is 1.77 bits per heavy atom. The molecule has 3 heterocycles. The van der Waals surface area contributed by atoms with E-state index < -0.39 is 0 Å². The van der Waals surface area contributed by atoms with Gasteiger partial charge in [-0.15, -0.1) is 0 Å². The fraction of sp³-hybridized carbons (Fsp3) is 0.400. The van der Waals surface area contributed by atoms with Crippen LogP contribution in [0.3, 0.4) is 0 Å². The van der Waals surface area contributed by atoms with Gasteiger partial charge < -0.3 is 9.15 Å². The van der Waals surface area contributed by atoms with Gasteiger partial charge in [-0.3, -0.25) is 9.80 Å². The molecule has 0 amide bonds. The van der Waals surface area contributed by atoms with Gasteiger partial charge in [0.25, 0.3) is 0 Å². The molecule has 0 radical (unpaired) electrons. The highest BCUT2D eigenvalue weighted by Crippen LogP contribution is 2.35. The van der Waals surface area contributed by atoms with Crippen LogP contribution in [-0.4, -0.2) is 35.7 Å². The summed E-state index contributed by atoms with van der Waals surface area (Å²) in [5, 5.41) is 1.01. The number of aryl methyl sites for hydroxylation is 1. The molecule has 3 aromatic rings. The quantitative estimate of drug-likeness (QED) is 0.612. The highest BCUT2D eigenvalue weighted by atomic mass is 16.5. The molecule has 5 nitrogen and oxygen atoms in total. The van der Waals surface area contributed by atoms with E-state index >= 15 is 0 Å². The van der Waals surface area contributed by atoms with E-state index in [1.165, 1.54) is 5.56 Å². The molecule has 2 aliphatic heterocycles. The molecule has 30 heavy (non-hydrogen) atoms. The lowest BCUT2D eigenvalue weighted by molar-refractivity contribution is 0.0244. The van der Waals surface area contributed by atoms with E-state index in [9.17, 15) is 4.79 Å². The van der Waals surface area contributed by atoms with Crippen molar-refractivity contribution in [3.8, 4) is 5.75 Å². The van der Waals surface area contributed by atoms with Gasteiger partial charge in [-0.05, 0) is 63.0 Å². The number of rotatable bonds is 3. The van der Waals surface area contributed by atoms with Crippen LogP contribution in [0.2, 0.25) is 0 Å². The number of fused-ring (bicyclic) bond motifs is 3. The first-order valence-corrected chi connectivity index (χ1v) is 10.8. The van der Waals surface area contributed by atoms with E-state index in [-0.39, 0.29) is 5.63 Å². The van der Waals surface area contributed by atoms with Crippen molar-refractivity contribution in [1.82, 2.24) is 9.80 Å². The van der Waals surface area contributed by atoms with E-state index in [2.05, 4.69) is 40.1 Å². The molecule has 5 rings (SSSR count).